The zero-order valence-corrected chi connectivity index (χ0v) is 11.4. The maximum absolute atomic E-state index is 12.4. The molecule has 0 aliphatic carbocycles. The van der Waals surface area contributed by atoms with E-state index in [0.717, 1.165) is 12.8 Å². The third-order valence-corrected chi connectivity index (χ3v) is 5.36. The number of halogens is 1. The van der Waals surface area contributed by atoms with Crippen LogP contribution in [0.2, 0.25) is 0 Å². The smallest absolute Gasteiger partial charge is 0.248 e. The van der Waals surface area contributed by atoms with E-state index in [9.17, 15) is 8.42 Å². The molecule has 5 nitrogen and oxygen atoms in total. The first-order valence-electron chi connectivity index (χ1n) is 5.50. The third-order valence-electron chi connectivity index (χ3n) is 2.89. The molecule has 1 saturated heterocycles. The molecule has 0 spiro atoms. The van der Waals surface area contributed by atoms with Gasteiger partial charge in [-0.25, -0.2) is 8.42 Å². The van der Waals surface area contributed by atoms with Crippen molar-refractivity contribution in [3.05, 3.63) is 11.5 Å². The first-order chi connectivity index (χ1) is 7.93. The number of nitrogens with zero attached hydrogens (tertiary/aromatic N) is 2. The number of sulfonamides is 1. The number of aryl methyl sites for hydroxylation is 2. The molecule has 1 aliphatic heterocycles. The second-order valence-electron chi connectivity index (χ2n) is 4.26. The summed E-state index contributed by atoms with van der Waals surface area (Å²) in [6, 6.07) is 0. The highest BCUT2D eigenvalue weighted by atomic mass is 35.5. The zero-order valence-electron chi connectivity index (χ0n) is 9.81. The summed E-state index contributed by atoms with van der Waals surface area (Å²) < 4.78 is 31.1. The Labute approximate surface area is 106 Å². The van der Waals surface area contributed by atoms with Gasteiger partial charge in [0.05, 0.1) is 0 Å². The van der Waals surface area contributed by atoms with Gasteiger partial charge < -0.3 is 4.52 Å². The van der Waals surface area contributed by atoms with Crippen LogP contribution in [-0.2, 0) is 10.0 Å². The van der Waals surface area contributed by atoms with Crippen molar-refractivity contribution in [2.24, 2.45) is 0 Å². The lowest BCUT2D eigenvalue weighted by Crippen LogP contribution is -2.40. The Morgan fingerprint density at radius 2 is 2.18 bits per heavy atom. The van der Waals surface area contributed by atoms with E-state index < -0.39 is 10.0 Å². The molecular formula is C10H15ClN2O3S. The third kappa shape index (κ3) is 2.34. The van der Waals surface area contributed by atoms with Crippen molar-refractivity contribution in [1.29, 1.82) is 0 Å². The van der Waals surface area contributed by atoms with Crippen molar-refractivity contribution in [3.8, 4) is 0 Å². The molecule has 96 valence electrons. The quantitative estimate of drug-likeness (QED) is 0.772. The van der Waals surface area contributed by atoms with Crippen molar-refractivity contribution in [2.45, 2.75) is 37.0 Å². The van der Waals surface area contributed by atoms with Gasteiger partial charge in [0.1, 0.15) is 10.6 Å². The molecule has 1 atom stereocenters. The van der Waals surface area contributed by atoms with Crippen molar-refractivity contribution in [2.75, 3.05) is 13.1 Å². The number of alkyl halides is 1. The van der Waals surface area contributed by atoms with E-state index in [1.165, 1.54) is 4.31 Å². The summed E-state index contributed by atoms with van der Waals surface area (Å²) in [6.07, 6.45) is 1.64. The zero-order chi connectivity index (χ0) is 12.6. The average Bonchev–Trinajstić information content (AvgIpc) is 2.59. The Balaban J connectivity index is 2.36. The predicted molar refractivity (Wildman–Crippen MR) is 63.6 cm³/mol. The van der Waals surface area contributed by atoms with Crippen LogP contribution in [0, 0.1) is 13.8 Å². The fraction of sp³-hybridized carbons (Fsp3) is 0.700. The fourth-order valence-electron chi connectivity index (χ4n) is 2.08. The van der Waals surface area contributed by atoms with Gasteiger partial charge in [-0.15, -0.1) is 11.6 Å². The first-order valence-corrected chi connectivity index (χ1v) is 7.37. The lowest BCUT2D eigenvalue weighted by atomic mass is 10.2. The summed E-state index contributed by atoms with van der Waals surface area (Å²) in [5, 5.41) is 3.57. The van der Waals surface area contributed by atoms with Crippen LogP contribution in [-0.4, -0.2) is 36.3 Å². The van der Waals surface area contributed by atoms with Crippen molar-refractivity contribution >= 4 is 21.6 Å². The van der Waals surface area contributed by atoms with Crippen LogP contribution in [0.4, 0.5) is 0 Å². The van der Waals surface area contributed by atoms with Gasteiger partial charge in [0.15, 0.2) is 5.76 Å². The summed E-state index contributed by atoms with van der Waals surface area (Å²) >= 11 is 6.01. The van der Waals surface area contributed by atoms with Crippen LogP contribution in [0.3, 0.4) is 0 Å². The molecule has 0 saturated carbocycles. The minimum absolute atomic E-state index is 0.112. The van der Waals surface area contributed by atoms with E-state index in [-0.39, 0.29) is 10.3 Å². The van der Waals surface area contributed by atoms with Gasteiger partial charge >= 0.3 is 0 Å². The molecular weight excluding hydrogens is 264 g/mol. The maximum Gasteiger partial charge on any atom is 0.248 e. The van der Waals surface area contributed by atoms with Gasteiger partial charge in [0.25, 0.3) is 0 Å². The molecule has 2 heterocycles. The van der Waals surface area contributed by atoms with Crippen LogP contribution in [0.5, 0.6) is 0 Å². The standard InChI is InChI=1S/C10H15ClN2O3S/c1-7-10(8(2)16-12-7)17(14,15)13-5-3-4-9(11)6-13/h9H,3-6H2,1-2H3. The Morgan fingerprint density at radius 1 is 1.47 bits per heavy atom. The van der Waals surface area contributed by atoms with Gasteiger partial charge in [0, 0.05) is 18.5 Å². The Bertz CT molecular complexity index is 492. The molecule has 7 heteroatoms. The van der Waals surface area contributed by atoms with Crippen molar-refractivity contribution in [1.82, 2.24) is 9.46 Å². The Kier molecular flexibility index (Phi) is 3.47. The topological polar surface area (TPSA) is 63.4 Å². The molecule has 0 radical (unpaired) electrons. The molecule has 0 N–H and O–H groups in total. The van der Waals surface area contributed by atoms with Gasteiger partial charge in [-0.05, 0) is 26.7 Å². The van der Waals surface area contributed by atoms with Crippen LogP contribution >= 0.6 is 11.6 Å². The molecule has 1 unspecified atom stereocenters. The fourth-order valence-corrected chi connectivity index (χ4v) is 4.30. The summed E-state index contributed by atoms with van der Waals surface area (Å²) in [5.74, 6) is 0.333. The largest absolute Gasteiger partial charge is 0.360 e. The number of aromatic nitrogens is 1. The lowest BCUT2D eigenvalue weighted by molar-refractivity contribution is 0.349. The van der Waals surface area contributed by atoms with Gasteiger partial charge in [0.2, 0.25) is 10.0 Å². The highest BCUT2D eigenvalue weighted by molar-refractivity contribution is 7.89. The molecule has 17 heavy (non-hydrogen) atoms. The Hall–Kier alpha value is -0.590. The number of piperidine rings is 1. The SMILES string of the molecule is Cc1noc(C)c1S(=O)(=O)N1CCCC(Cl)C1. The minimum atomic E-state index is -3.52. The maximum atomic E-state index is 12.4. The molecule has 0 amide bonds. The molecule has 0 bridgehead atoms. The lowest BCUT2D eigenvalue weighted by Gasteiger charge is -2.28. The van der Waals surface area contributed by atoms with Crippen LogP contribution in [0.1, 0.15) is 24.3 Å². The van der Waals surface area contributed by atoms with Crippen LogP contribution in [0.15, 0.2) is 9.42 Å². The highest BCUT2D eigenvalue weighted by Gasteiger charge is 2.33. The van der Waals surface area contributed by atoms with Crippen LogP contribution < -0.4 is 0 Å². The van der Waals surface area contributed by atoms with Gasteiger partial charge in [-0.1, -0.05) is 5.16 Å². The number of hydrogen-bond acceptors (Lipinski definition) is 4. The summed E-state index contributed by atoms with van der Waals surface area (Å²) in [4.78, 5) is 0.184. The Morgan fingerprint density at radius 3 is 2.71 bits per heavy atom. The predicted octanol–water partition coefficient (Wildman–Crippen LogP) is 1.68. The molecule has 1 aromatic rings. The summed E-state index contributed by atoms with van der Waals surface area (Å²) in [7, 11) is -3.52. The molecule has 1 aliphatic rings. The van der Waals surface area contributed by atoms with E-state index in [0.29, 0.717) is 24.5 Å². The number of rotatable bonds is 2. The van der Waals surface area contributed by atoms with Crippen LogP contribution in [0.25, 0.3) is 0 Å². The highest BCUT2D eigenvalue weighted by Crippen LogP contribution is 2.26. The van der Waals surface area contributed by atoms with E-state index in [4.69, 9.17) is 16.1 Å². The van der Waals surface area contributed by atoms with Crippen molar-refractivity contribution < 1.29 is 12.9 Å². The monoisotopic (exact) mass is 278 g/mol. The summed E-state index contributed by atoms with van der Waals surface area (Å²) in [5.41, 5.74) is 0.402. The second kappa shape index (κ2) is 4.59. The molecule has 2 rings (SSSR count). The van der Waals surface area contributed by atoms with Gasteiger partial charge in [-0.3, -0.25) is 0 Å². The number of hydrogen-bond donors (Lipinski definition) is 0. The second-order valence-corrected chi connectivity index (χ2v) is 6.75. The minimum Gasteiger partial charge on any atom is -0.360 e. The van der Waals surface area contributed by atoms with Crippen molar-refractivity contribution in [3.63, 3.8) is 0 Å². The summed E-state index contributed by atoms with van der Waals surface area (Å²) in [6.45, 7) is 4.10. The van der Waals surface area contributed by atoms with E-state index in [1.54, 1.807) is 13.8 Å². The molecule has 1 fully saturated rings. The van der Waals surface area contributed by atoms with E-state index in [2.05, 4.69) is 5.16 Å². The normalized spacial score (nSPS) is 22.9. The molecule has 1 aromatic heterocycles. The molecule has 0 aromatic carbocycles. The van der Waals surface area contributed by atoms with Gasteiger partial charge in [-0.2, -0.15) is 4.31 Å². The van der Waals surface area contributed by atoms with E-state index in [1.807, 2.05) is 0 Å². The van der Waals surface area contributed by atoms with E-state index >= 15 is 0 Å². The average molecular weight is 279 g/mol. The first kappa shape index (κ1) is 12.9.